The topological polar surface area (TPSA) is 69.5 Å². The number of nitrogens with one attached hydrogen (secondary N) is 1. The van der Waals surface area contributed by atoms with E-state index in [1.165, 1.54) is 38.3 Å². The number of hydrogen-bond donors (Lipinski definition) is 1. The van der Waals surface area contributed by atoms with Gasteiger partial charge in [-0.05, 0) is 12.8 Å². The zero-order valence-electron chi connectivity index (χ0n) is 9.91. The predicted octanol–water partition coefficient (Wildman–Crippen LogP) is 2.47. The normalized spacial score (nSPS) is 18.1. The van der Waals surface area contributed by atoms with E-state index in [1.807, 2.05) is 6.07 Å². The summed E-state index contributed by atoms with van der Waals surface area (Å²) in [6.45, 7) is 0. The van der Waals surface area contributed by atoms with Crippen LogP contribution in [0.15, 0.2) is 11.0 Å². The fraction of sp³-hybridized carbons (Fsp3) is 0.615. The lowest BCUT2D eigenvalue weighted by Gasteiger charge is -2.18. The number of hydrogen-bond acceptors (Lipinski definition) is 3. The molecule has 1 aliphatic carbocycles. The molecule has 90 valence electrons. The molecule has 0 unspecified atom stereocenters. The first-order valence-electron chi connectivity index (χ1n) is 6.30. The third-order valence-corrected chi connectivity index (χ3v) is 3.43. The van der Waals surface area contributed by atoms with E-state index in [9.17, 15) is 4.79 Å². The Bertz CT molecular complexity index is 464. The van der Waals surface area contributed by atoms with Crippen molar-refractivity contribution in [3.8, 4) is 6.07 Å². The van der Waals surface area contributed by atoms with Gasteiger partial charge >= 0.3 is 0 Å². The van der Waals surface area contributed by atoms with Crippen LogP contribution in [0.5, 0.6) is 0 Å². The molecule has 0 aliphatic heterocycles. The molecule has 0 saturated heterocycles. The van der Waals surface area contributed by atoms with Crippen LogP contribution >= 0.6 is 0 Å². The lowest BCUT2D eigenvalue weighted by molar-refractivity contribution is 0.441. The first-order valence-corrected chi connectivity index (χ1v) is 6.30. The van der Waals surface area contributed by atoms with E-state index >= 15 is 0 Å². The molecule has 1 aliphatic rings. The molecule has 0 amide bonds. The van der Waals surface area contributed by atoms with E-state index in [0.717, 1.165) is 18.7 Å². The molecule has 0 aromatic carbocycles. The molecule has 1 saturated carbocycles. The van der Waals surface area contributed by atoms with E-state index in [2.05, 4.69) is 9.97 Å². The second-order valence-electron chi connectivity index (χ2n) is 4.67. The highest BCUT2D eigenvalue weighted by atomic mass is 16.1. The van der Waals surface area contributed by atoms with Crippen molar-refractivity contribution in [2.45, 2.75) is 50.9 Å². The van der Waals surface area contributed by atoms with Crippen LogP contribution in [-0.2, 0) is 0 Å². The maximum atomic E-state index is 11.5. The first-order chi connectivity index (χ1) is 8.31. The Labute approximate surface area is 101 Å². The lowest BCUT2D eigenvalue weighted by atomic mass is 9.90. The summed E-state index contributed by atoms with van der Waals surface area (Å²) in [6.07, 6.45) is 9.86. The standard InChI is InChI=1S/C13H17N3O/c14-8-11-9-15-12(16-13(11)17)10-6-4-2-1-3-5-7-10/h9-10H,1-7H2,(H,15,16,17). The van der Waals surface area contributed by atoms with Crippen LogP contribution in [0.3, 0.4) is 0 Å². The summed E-state index contributed by atoms with van der Waals surface area (Å²) in [7, 11) is 0. The molecule has 4 heteroatoms. The van der Waals surface area contributed by atoms with Crippen LogP contribution in [0.4, 0.5) is 0 Å². The van der Waals surface area contributed by atoms with Crippen LogP contribution in [0, 0.1) is 11.3 Å². The minimum absolute atomic E-state index is 0.0968. The van der Waals surface area contributed by atoms with Crippen molar-refractivity contribution in [3.05, 3.63) is 27.9 Å². The number of nitriles is 1. The van der Waals surface area contributed by atoms with Gasteiger partial charge in [-0.3, -0.25) is 4.79 Å². The highest BCUT2D eigenvalue weighted by Gasteiger charge is 2.16. The zero-order chi connectivity index (χ0) is 12.1. The lowest BCUT2D eigenvalue weighted by Crippen LogP contribution is -2.17. The molecule has 0 atom stereocenters. The van der Waals surface area contributed by atoms with Gasteiger partial charge in [0.1, 0.15) is 17.5 Å². The molecule has 2 rings (SSSR count). The average molecular weight is 231 g/mol. The molecule has 0 bridgehead atoms. The Morgan fingerprint density at radius 1 is 1.24 bits per heavy atom. The number of H-pyrrole nitrogens is 1. The van der Waals surface area contributed by atoms with Crippen LogP contribution in [0.25, 0.3) is 0 Å². The minimum Gasteiger partial charge on any atom is -0.309 e. The summed E-state index contributed by atoms with van der Waals surface area (Å²) in [5.74, 6) is 1.12. The fourth-order valence-electron chi connectivity index (χ4n) is 2.43. The molecule has 1 N–H and O–H groups in total. The Morgan fingerprint density at radius 2 is 1.88 bits per heavy atom. The largest absolute Gasteiger partial charge is 0.309 e. The molecule has 1 aromatic rings. The van der Waals surface area contributed by atoms with Gasteiger partial charge in [0.15, 0.2) is 0 Å². The van der Waals surface area contributed by atoms with Crippen molar-refractivity contribution in [1.82, 2.24) is 9.97 Å². The average Bonchev–Trinajstić information content (AvgIpc) is 2.28. The van der Waals surface area contributed by atoms with E-state index in [4.69, 9.17) is 5.26 Å². The second-order valence-corrected chi connectivity index (χ2v) is 4.67. The molecule has 0 spiro atoms. The van der Waals surface area contributed by atoms with Gasteiger partial charge in [-0.1, -0.05) is 32.1 Å². The number of rotatable bonds is 1. The van der Waals surface area contributed by atoms with Crippen LogP contribution in [0.2, 0.25) is 0 Å². The summed E-state index contributed by atoms with van der Waals surface area (Å²) in [6, 6.07) is 1.84. The molecule has 1 aromatic heterocycles. The smallest absolute Gasteiger partial charge is 0.268 e. The van der Waals surface area contributed by atoms with Gasteiger partial charge in [-0.2, -0.15) is 5.26 Å². The Kier molecular flexibility index (Phi) is 3.92. The molecule has 17 heavy (non-hydrogen) atoms. The predicted molar refractivity (Wildman–Crippen MR) is 64.6 cm³/mol. The SMILES string of the molecule is N#Cc1cnc(C2CCCCCCC2)[nH]c1=O. The summed E-state index contributed by atoms with van der Waals surface area (Å²) in [5, 5.41) is 8.69. The fourth-order valence-corrected chi connectivity index (χ4v) is 2.43. The molecular formula is C13H17N3O. The van der Waals surface area contributed by atoms with Gasteiger partial charge in [-0.15, -0.1) is 0 Å². The molecule has 1 heterocycles. The monoisotopic (exact) mass is 231 g/mol. The summed E-state index contributed by atoms with van der Waals surface area (Å²) in [4.78, 5) is 18.5. The third kappa shape index (κ3) is 2.94. The van der Waals surface area contributed by atoms with Crippen molar-refractivity contribution in [2.24, 2.45) is 0 Å². The van der Waals surface area contributed by atoms with E-state index in [-0.39, 0.29) is 11.1 Å². The summed E-state index contributed by atoms with van der Waals surface area (Å²) in [5.41, 5.74) is -0.209. The van der Waals surface area contributed by atoms with Crippen LogP contribution in [-0.4, -0.2) is 9.97 Å². The number of aromatic nitrogens is 2. The minimum atomic E-state index is -0.306. The van der Waals surface area contributed by atoms with Gasteiger partial charge in [0.2, 0.25) is 0 Å². The second kappa shape index (κ2) is 5.62. The Morgan fingerprint density at radius 3 is 2.47 bits per heavy atom. The van der Waals surface area contributed by atoms with Crippen molar-refractivity contribution in [1.29, 1.82) is 5.26 Å². The van der Waals surface area contributed by atoms with Gasteiger partial charge in [0.25, 0.3) is 5.56 Å². The quantitative estimate of drug-likeness (QED) is 0.807. The van der Waals surface area contributed by atoms with Gasteiger partial charge in [0, 0.05) is 5.92 Å². The molecule has 0 radical (unpaired) electrons. The molecule has 4 nitrogen and oxygen atoms in total. The first kappa shape index (κ1) is 11.8. The summed E-state index contributed by atoms with van der Waals surface area (Å²) < 4.78 is 0. The maximum Gasteiger partial charge on any atom is 0.268 e. The van der Waals surface area contributed by atoms with E-state index < -0.39 is 0 Å². The van der Waals surface area contributed by atoms with Crippen molar-refractivity contribution >= 4 is 0 Å². The molecular weight excluding hydrogens is 214 g/mol. The Balaban J connectivity index is 2.18. The highest BCUT2D eigenvalue weighted by Crippen LogP contribution is 2.28. The third-order valence-electron chi connectivity index (χ3n) is 3.43. The highest BCUT2D eigenvalue weighted by molar-refractivity contribution is 5.22. The number of aromatic amines is 1. The van der Waals surface area contributed by atoms with E-state index in [0.29, 0.717) is 5.92 Å². The van der Waals surface area contributed by atoms with Crippen LogP contribution < -0.4 is 5.56 Å². The van der Waals surface area contributed by atoms with Gasteiger partial charge in [-0.25, -0.2) is 4.98 Å². The van der Waals surface area contributed by atoms with Crippen molar-refractivity contribution < 1.29 is 0 Å². The number of nitrogens with zero attached hydrogens (tertiary/aromatic N) is 2. The van der Waals surface area contributed by atoms with Crippen LogP contribution in [0.1, 0.15) is 62.3 Å². The van der Waals surface area contributed by atoms with E-state index in [1.54, 1.807) is 0 Å². The van der Waals surface area contributed by atoms with Gasteiger partial charge in [0.05, 0.1) is 6.20 Å². The molecule has 1 fully saturated rings. The summed E-state index contributed by atoms with van der Waals surface area (Å²) >= 11 is 0. The maximum absolute atomic E-state index is 11.5. The Hall–Kier alpha value is -1.63. The zero-order valence-corrected chi connectivity index (χ0v) is 9.91. The van der Waals surface area contributed by atoms with Crippen molar-refractivity contribution in [2.75, 3.05) is 0 Å². The van der Waals surface area contributed by atoms with Gasteiger partial charge < -0.3 is 4.98 Å². The van der Waals surface area contributed by atoms with Crippen molar-refractivity contribution in [3.63, 3.8) is 0 Å².